The van der Waals surface area contributed by atoms with E-state index in [0.717, 1.165) is 6.42 Å². The van der Waals surface area contributed by atoms with Crippen molar-refractivity contribution in [2.24, 2.45) is 5.41 Å². The predicted octanol–water partition coefficient (Wildman–Crippen LogP) is 0.914. The van der Waals surface area contributed by atoms with E-state index in [-0.39, 0.29) is 6.54 Å². The van der Waals surface area contributed by atoms with Crippen molar-refractivity contribution in [2.45, 2.75) is 19.3 Å². The third-order valence-corrected chi connectivity index (χ3v) is 3.54. The van der Waals surface area contributed by atoms with Crippen LogP contribution in [0, 0.1) is 5.41 Å². The number of hydrogen-bond donors (Lipinski definition) is 3. The number of carbonyl (C=O) groups is 2. The maximum Gasteiger partial charge on any atom is 0.321 e. The largest absolute Gasteiger partial charge is 0.481 e. The smallest absolute Gasteiger partial charge is 0.321 e. The zero-order valence-corrected chi connectivity index (χ0v) is 9.79. The van der Waals surface area contributed by atoms with Gasteiger partial charge in [0, 0.05) is 6.54 Å². The van der Waals surface area contributed by atoms with Crippen molar-refractivity contribution in [3.05, 3.63) is 5.51 Å². The average molecular weight is 256 g/mol. The van der Waals surface area contributed by atoms with Gasteiger partial charge in [-0.1, -0.05) is 17.8 Å². The van der Waals surface area contributed by atoms with Gasteiger partial charge in [0.25, 0.3) is 0 Å². The molecule has 7 nitrogen and oxygen atoms in total. The molecule has 0 bridgehead atoms. The summed E-state index contributed by atoms with van der Waals surface area (Å²) in [4.78, 5) is 22.5. The van der Waals surface area contributed by atoms with E-state index in [1.165, 1.54) is 16.8 Å². The zero-order chi connectivity index (χ0) is 12.3. The van der Waals surface area contributed by atoms with Crippen LogP contribution in [0.2, 0.25) is 0 Å². The highest BCUT2D eigenvalue weighted by Crippen LogP contribution is 2.40. The molecular weight excluding hydrogens is 244 g/mol. The average Bonchev–Trinajstić information content (AvgIpc) is 2.68. The Bertz CT molecular complexity index is 416. The standard InChI is InChI=1S/C9H12N4O3S/c14-6(15)9(2-1-3-9)4-10-7(16)12-8-13-11-5-17-8/h5H,1-4H2,(H,14,15)(H2,10,12,13,16). The van der Waals surface area contributed by atoms with E-state index in [0.29, 0.717) is 18.0 Å². The van der Waals surface area contributed by atoms with E-state index in [1.807, 2.05) is 0 Å². The normalized spacial score (nSPS) is 16.9. The number of amides is 2. The lowest BCUT2D eigenvalue weighted by Crippen LogP contribution is -2.48. The first-order valence-electron chi connectivity index (χ1n) is 5.17. The minimum absolute atomic E-state index is 0.146. The van der Waals surface area contributed by atoms with Crippen molar-refractivity contribution in [3.8, 4) is 0 Å². The SMILES string of the molecule is O=C(NCC1(C(=O)O)CCC1)Nc1nncs1. The van der Waals surface area contributed by atoms with Gasteiger partial charge in [-0.25, -0.2) is 4.79 Å². The van der Waals surface area contributed by atoms with Gasteiger partial charge in [0.2, 0.25) is 5.13 Å². The predicted molar refractivity (Wildman–Crippen MR) is 60.9 cm³/mol. The number of nitrogens with zero attached hydrogens (tertiary/aromatic N) is 2. The number of carboxylic acids is 1. The van der Waals surface area contributed by atoms with Crippen LogP contribution in [0.3, 0.4) is 0 Å². The van der Waals surface area contributed by atoms with Crippen molar-refractivity contribution in [2.75, 3.05) is 11.9 Å². The monoisotopic (exact) mass is 256 g/mol. The molecule has 92 valence electrons. The van der Waals surface area contributed by atoms with Gasteiger partial charge in [-0.3, -0.25) is 10.1 Å². The van der Waals surface area contributed by atoms with Gasteiger partial charge in [0.05, 0.1) is 5.41 Å². The molecule has 1 saturated carbocycles. The summed E-state index contributed by atoms with van der Waals surface area (Å²) >= 11 is 1.20. The number of aromatic nitrogens is 2. The Morgan fingerprint density at radius 2 is 2.29 bits per heavy atom. The van der Waals surface area contributed by atoms with Crippen LogP contribution in [0.15, 0.2) is 5.51 Å². The highest BCUT2D eigenvalue weighted by molar-refractivity contribution is 7.13. The molecule has 0 aromatic carbocycles. The Balaban J connectivity index is 1.82. The Hall–Kier alpha value is -1.70. The highest BCUT2D eigenvalue weighted by Gasteiger charge is 2.44. The van der Waals surface area contributed by atoms with E-state index in [9.17, 15) is 9.59 Å². The number of carboxylic acid groups (broad SMARTS) is 1. The third-order valence-electron chi connectivity index (χ3n) is 2.93. The topological polar surface area (TPSA) is 104 Å². The fourth-order valence-corrected chi connectivity index (χ4v) is 2.13. The van der Waals surface area contributed by atoms with Gasteiger partial charge in [-0.15, -0.1) is 10.2 Å². The van der Waals surface area contributed by atoms with Crippen LogP contribution in [0.25, 0.3) is 0 Å². The fourth-order valence-electron chi connectivity index (χ4n) is 1.69. The molecule has 1 heterocycles. The van der Waals surface area contributed by atoms with Crippen LogP contribution in [-0.2, 0) is 4.79 Å². The van der Waals surface area contributed by atoms with Crippen LogP contribution in [0.5, 0.6) is 0 Å². The van der Waals surface area contributed by atoms with Crippen LogP contribution in [-0.4, -0.2) is 33.8 Å². The highest BCUT2D eigenvalue weighted by atomic mass is 32.1. The third kappa shape index (κ3) is 2.52. The van der Waals surface area contributed by atoms with E-state index >= 15 is 0 Å². The molecule has 0 aliphatic heterocycles. The molecule has 1 aromatic rings. The first-order valence-corrected chi connectivity index (χ1v) is 6.05. The van der Waals surface area contributed by atoms with Crippen molar-refractivity contribution in [3.63, 3.8) is 0 Å². The van der Waals surface area contributed by atoms with Crippen LogP contribution in [0.4, 0.5) is 9.93 Å². The molecule has 1 aromatic heterocycles. The van der Waals surface area contributed by atoms with Gasteiger partial charge in [0.1, 0.15) is 5.51 Å². The molecule has 0 unspecified atom stereocenters. The maximum atomic E-state index is 11.4. The van der Waals surface area contributed by atoms with Gasteiger partial charge < -0.3 is 10.4 Å². The minimum Gasteiger partial charge on any atom is -0.481 e. The number of nitrogens with one attached hydrogen (secondary N) is 2. The molecule has 17 heavy (non-hydrogen) atoms. The molecule has 0 atom stereocenters. The number of urea groups is 1. The van der Waals surface area contributed by atoms with E-state index in [2.05, 4.69) is 20.8 Å². The lowest BCUT2D eigenvalue weighted by Gasteiger charge is -2.37. The molecule has 2 amide bonds. The van der Waals surface area contributed by atoms with Crippen LogP contribution >= 0.6 is 11.3 Å². The van der Waals surface area contributed by atoms with Crippen molar-refractivity contribution in [1.82, 2.24) is 15.5 Å². The molecule has 0 saturated heterocycles. The molecule has 2 rings (SSSR count). The Morgan fingerprint density at radius 3 is 2.76 bits per heavy atom. The summed E-state index contributed by atoms with van der Waals surface area (Å²) in [6, 6.07) is -0.450. The Morgan fingerprint density at radius 1 is 1.53 bits per heavy atom. The van der Waals surface area contributed by atoms with E-state index in [4.69, 9.17) is 5.11 Å². The number of hydrogen-bond acceptors (Lipinski definition) is 5. The Kier molecular flexibility index (Phi) is 3.23. The molecule has 3 N–H and O–H groups in total. The van der Waals surface area contributed by atoms with Crippen LogP contribution < -0.4 is 10.6 Å². The number of anilines is 1. The first-order chi connectivity index (χ1) is 8.12. The minimum atomic E-state index is -0.847. The Labute approximate surface area is 101 Å². The van der Waals surface area contributed by atoms with Gasteiger partial charge in [-0.05, 0) is 12.8 Å². The van der Waals surface area contributed by atoms with Gasteiger partial charge in [-0.2, -0.15) is 0 Å². The number of carbonyl (C=O) groups excluding carboxylic acids is 1. The summed E-state index contributed by atoms with van der Waals surface area (Å²) in [6.07, 6.45) is 2.12. The molecule has 1 aliphatic carbocycles. The molecule has 8 heteroatoms. The summed E-state index contributed by atoms with van der Waals surface area (Å²) in [5, 5.41) is 21.7. The summed E-state index contributed by atoms with van der Waals surface area (Å²) in [7, 11) is 0. The summed E-state index contributed by atoms with van der Waals surface area (Å²) in [6.45, 7) is 0.146. The molecule has 1 fully saturated rings. The zero-order valence-electron chi connectivity index (χ0n) is 8.97. The second-order valence-electron chi connectivity index (χ2n) is 3.99. The first kappa shape index (κ1) is 11.8. The van der Waals surface area contributed by atoms with Gasteiger partial charge in [0.15, 0.2) is 0 Å². The van der Waals surface area contributed by atoms with Crippen LogP contribution in [0.1, 0.15) is 19.3 Å². The molecule has 0 radical (unpaired) electrons. The van der Waals surface area contributed by atoms with E-state index in [1.54, 1.807) is 0 Å². The van der Waals surface area contributed by atoms with Crippen molar-refractivity contribution in [1.29, 1.82) is 0 Å². The lowest BCUT2D eigenvalue weighted by molar-refractivity contribution is -0.153. The fraction of sp³-hybridized carbons (Fsp3) is 0.556. The number of rotatable bonds is 4. The summed E-state index contributed by atoms with van der Waals surface area (Å²) in [5.41, 5.74) is 0.721. The second kappa shape index (κ2) is 4.66. The van der Waals surface area contributed by atoms with E-state index < -0.39 is 17.4 Å². The summed E-state index contributed by atoms with van der Waals surface area (Å²) < 4.78 is 0. The van der Waals surface area contributed by atoms with Crippen molar-refractivity contribution < 1.29 is 14.7 Å². The van der Waals surface area contributed by atoms with Gasteiger partial charge >= 0.3 is 12.0 Å². The maximum absolute atomic E-state index is 11.4. The second-order valence-corrected chi connectivity index (χ2v) is 4.82. The molecule has 0 spiro atoms. The lowest BCUT2D eigenvalue weighted by atomic mass is 9.69. The molecular formula is C9H12N4O3S. The molecule has 1 aliphatic rings. The quantitative estimate of drug-likeness (QED) is 0.743. The number of aliphatic carboxylic acids is 1. The summed E-state index contributed by atoms with van der Waals surface area (Å²) in [5.74, 6) is -0.847. The van der Waals surface area contributed by atoms with Crippen molar-refractivity contribution >= 4 is 28.5 Å².